The fraction of sp³-hybridized carbons (Fsp3) is 0.391. The molecule has 0 aliphatic carbocycles. The number of nitrogens with one attached hydrogen (secondary N) is 2. The van der Waals surface area contributed by atoms with E-state index in [1.807, 2.05) is 36.4 Å². The predicted molar refractivity (Wildman–Crippen MR) is 120 cm³/mol. The highest BCUT2D eigenvalue weighted by atomic mass is 16.6. The number of aromatic nitrogens is 2. The number of rotatable bonds is 6. The number of methoxy groups -OCH3 is 1. The summed E-state index contributed by atoms with van der Waals surface area (Å²) in [6, 6.07) is 11.3. The average molecular weight is 438 g/mol. The van der Waals surface area contributed by atoms with Crippen LogP contribution in [0.5, 0.6) is 17.2 Å². The van der Waals surface area contributed by atoms with E-state index in [4.69, 9.17) is 14.2 Å². The topological polar surface area (TPSA) is 92.0 Å². The van der Waals surface area contributed by atoms with Crippen molar-refractivity contribution < 1.29 is 19.0 Å². The van der Waals surface area contributed by atoms with E-state index in [0.29, 0.717) is 31.3 Å². The first kappa shape index (κ1) is 20.6. The van der Waals surface area contributed by atoms with Crippen molar-refractivity contribution in [2.45, 2.75) is 6.54 Å². The first-order valence-electron chi connectivity index (χ1n) is 10.8. The van der Waals surface area contributed by atoms with Crippen LogP contribution < -0.4 is 19.5 Å². The largest absolute Gasteiger partial charge is 0.497 e. The van der Waals surface area contributed by atoms with Crippen LogP contribution in [0.1, 0.15) is 5.82 Å². The Morgan fingerprint density at radius 1 is 1.06 bits per heavy atom. The van der Waals surface area contributed by atoms with Crippen LogP contribution in [0, 0.1) is 0 Å². The third-order valence-electron chi connectivity index (χ3n) is 5.77. The van der Waals surface area contributed by atoms with Gasteiger partial charge >= 0.3 is 0 Å². The lowest BCUT2D eigenvalue weighted by atomic mass is 10.2. The average Bonchev–Trinajstić information content (AvgIpc) is 3.21. The third-order valence-corrected chi connectivity index (χ3v) is 5.77. The Morgan fingerprint density at radius 3 is 2.66 bits per heavy atom. The molecule has 0 bridgehead atoms. The minimum absolute atomic E-state index is 0.0265. The molecule has 0 radical (unpaired) electrons. The van der Waals surface area contributed by atoms with E-state index < -0.39 is 0 Å². The Hall–Kier alpha value is -3.30. The van der Waals surface area contributed by atoms with Crippen LogP contribution in [0.2, 0.25) is 0 Å². The zero-order valence-electron chi connectivity index (χ0n) is 18.1. The summed E-state index contributed by atoms with van der Waals surface area (Å²) in [5.74, 6) is 3.12. The second kappa shape index (κ2) is 9.05. The lowest BCUT2D eigenvalue weighted by Crippen LogP contribution is -2.48. The van der Waals surface area contributed by atoms with Crippen LogP contribution in [-0.2, 0) is 11.3 Å². The number of carbonyl (C=O) groups is 1. The number of hydrogen-bond donors (Lipinski definition) is 2. The molecule has 5 rings (SSSR count). The van der Waals surface area contributed by atoms with Gasteiger partial charge in [0.25, 0.3) is 0 Å². The summed E-state index contributed by atoms with van der Waals surface area (Å²) in [7, 11) is 1.66. The molecule has 0 atom stereocenters. The molecule has 9 nitrogen and oxygen atoms in total. The zero-order valence-corrected chi connectivity index (χ0v) is 18.1. The Bertz CT molecular complexity index is 1110. The standard InChI is InChI=1S/C23H27N5O4/c1-30-17-3-4-18-19(13-17)26-22(25-18)14-27-6-8-28(9-7-27)15-23(29)24-16-2-5-20-21(12-16)32-11-10-31-20/h2-5,12-13H,6-11,14-15H2,1H3,(H,24,29)(H,25,26). The van der Waals surface area contributed by atoms with Gasteiger partial charge in [0, 0.05) is 44.0 Å². The number of piperazine rings is 1. The molecule has 2 N–H and O–H groups in total. The minimum Gasteiger partial charge on any atom is -0.497 e. The molecule has 1 aromatic heterocycles. The number of imidazole rings is 1. The number of hydrogen-bond acceptors (Lipinski definition) is 7. The zero-order chi connectivity index (χ0) is 21.9. The number of nitrogens with zero attached hydrogens (tertiary/aromatic N) is 3. The molecular weight excluding hydrogens is 410 g/mol. The molecule has 2 aromatic carbocycles. The number of aromatic amines is 1. The molecule has 3 aromatic rings. The number of benzene rings is 2. The number of fused-ring (bicyclic) bond motifs is 2. The number of ether oxygens (including phenoxy) is 3. The van der Waals surface area contributed by atoms with Gasteiger partial charge in [-0.25, -0.2) is 4.98 Å². The van der Waals surface area contributed by atoms with Gasteiger partial charge in [-0.3, -0.25) is 14.6 Å². The smallest absolute Gasteiger partial charge is 0.238 e. The SMILES string of the molecule is COc1ccc2nc(CN3CCN(CC(=O)Nc4ccc5c(c4)OCCO5)CC3)[nH]c2c1. The van der Waals surface area contributed by atoms with Crippen LogP contribution in [0.4, 0.5) is 5.69 Å². The van der Waals surface area contributed by atoms with Crippen molar-refractivity contribution in [1.29, 1.82) is 0 Å². The summed E-state index contributed by atoms with van der Waals surface area (Å²) < 4.78 is 16.4. The number of anilines is 1. The van der Waals surface area contributed by atoms with Gasteiger partial charge in [0.05, 0.1) is 31.2 Å². The molecule has 168 valence electrons. The van der Waals surface area contributed by atoms with E-state index in [1.165, 1.54) is 0 Å². The van der Waals surface area contributed by atoms with E-state index in [9.17, 15) is 4.79 Å². The normalized spacial score (nSPS) is 16.8. The third kappa shape index (κ3) is 4.63. The lowest BCUT2D eigenvalue weighted by Gasteiger charge is -2.33. The van der Waals surface area contributed by atoms with Crippen LogP contribution in [0.3, 0.4) is 0 Å². The lowest BCUT2D eigenvalue weighted by molar-refractivity contribution is -0.117. The molecule has 1 saturated heterocycles. The number of carbonyl (C=O) groups excluding carboxylic acids is 1. The van der Waals surface area contributed by atoms with Crippen molar-refractivity contribution in [3.05, 3.63) is 42.2 Å². The second-order valence-corrected chi connectivity index (χ2v) is 8.03. The van der Waals surface area contributed by atoms with E-state index in [1.54, 1.807) is 7.11 Å². The summed E-state index contributed by atoms with van der Waals surface area (Å²) in [6.07, 6.45) is 0. The Balaban J connectivity index is 1.10. The fourth-order valence-electron chi connectivity index (χ4n) is 4.09. The highest BCUT2D eigenvalue weighted by Gasteiger charge is 2.20. The molecule has 0 saturated carbocycles. The van der Waals surface area contributed by atoms with Crippen molar-refractivity contribution in [2.24, 2.45) is 0 Å². The highest BCUT2D eigenvalue weighted by Crippen LogP contribution is 2.32. The van der Waals surface area contributed by atoms with Gasteiger partial charge in [-0.15, -0.1) is 0 Å². The molecule has 1 amide bonds. The van der Waals surface area contributed by atoms with E-state index in [2.05, 4.69) is 25.1 Å². The Morgan fingerprint density at radius 2 is 1.84 bits per heavy atom. The van der Waals surface area contributed by atoms with Gasteiger partial charge in [-0.05, 0) is 24.3 Å². The quantitative estimate of drug-likeness (QED) is 0.610. The summed E-state index contributed by atoms with van der Waals surface area (Å²) in [5, 5.41) is 2.96. The van der Waals surface area contributed by atoms with Crippen LogP contribution in [-0.4, -0.2) is 78.7 Å². The van der Waals surface area contributed by atoms with Crippen molar-refractivity contribution in [3.8, 4) is 17.2 Å². The molecular formula is C23H27N5O4. The maximum atomic E-state index is 12.5. The minimum atomic E-state index is -0.0265. The monoisotopic (exact) mass is 437 g/mol. The predicted octanol–water partition coefficient (Wildman–Crippen LogP) is 2.10. The first-order chi connectivity index (χ1) is 15.7. The summed E-state index contributed by atoms with van der Waals surface area (Å²) >= 11 is 0. The maximum absolute atomic E-state index is 12.5. The number of H-pyrrole nitrogens is 1. The Kier molecular flexibility index (Phi) is 5.83. The van der Waals surface area contributed by atoms with Gasteiger partial charge in [-0.2, -0.15) is 0 Å². The molecule has 9 heteroatoms. The van der Waals surface area contributed by atoms with E-state index in [-0.39, 0.29) is 5.91 Å². The van der Waals surface area contributed by atoms with Crippen molar-refractivity contribution in [1.82, 2.24) is 19.8 Å². The van der Waals surface area contributed by atoms with Gasteiger partial charge < -0.3 is 24.5 Å². The summed E-state index contributed by atoms with van der Waals surface area (Å²) in [6.45, 7) is 5.65. The van der Waals surface area contributed by atoms with Gasteiger partial charge in [0.2, 0.25) is 5.91 Å². The van der Waals surface area contributed by atoms with Gasteiger partial charge in [0.1, 0.15) is 24.8 Å². The summed E-state index contributed by atoms with van der Waals surface area (Å²) in [5.41, 5.74) is 2.64. The maximum Gasteiger partial charge on any atom is 0.238 e. The van der Waals surface area contributed by atoms with Crippen molar-refractivity contribution in [2.75, 3.05) is 58.4 Å². The Labute approximate surface area is 186 Å². The summed E-state index contributed by atoms with van der Waals surface area (Å²) in [4.78, 5) is 25.1. The first-order valence-corrected chi connectivity index (χ1v) is 10.8. The fourth-order valence-corrected chi connectivity index (χ4v) is 4.09. The van der Waals surface area contributed by atoms with Crippen LogP contribution in [0.15, 0.2) is 36.4 Å². The van der Waals surface area contributed by atoms with Gasteiger partial charge in [-0.1, -0.05) is 0 Å². The van der Waals surface area contributed by atoms with Crippen LogP contribution >= 0.6 is 0 Å². The molecule has 32 heavy (non-hydrogen) atoms. The number of amides is 1. The van der Waals surface area contributed by atoms with E-state index >= 15 is 0 Å². The molecule has 3 heterocycles. The van der Waals surface area contributed by atoms with Crippen LogP contribution in [0.25, 0.3) is 11.0 Å². The molecule has 2 aliphatic rings. The molecule has 0 unspecified atom stereocenters. The second-order valence-electron chi connectivity index (χ2n) is 8.03. The van der Waals surface area contributed by atoms with E-state index in [0.717, 1.165) is 61.0 Å². The molecule has 2 aliphatic heterocycles. The van der Waals surface area contributed by atoms with Gasteiger partial charge in [0.15, 0.2) is 11.5 Å². The highest BCUT2D eigenvalue weighted by molar-refractivity contribution is 5.92. The van der Waals surface area contributed by atoms with Crippen molar-refractivity contribution in [3.63, 3.8) is 0 Å². The molecule has 0 spiro atoms. The molecule has 1 fully saturated rings. The van der Waals surface area contributed by atoms with Crippen molar-refractivity contribution >= 4 is 22.6 Å².